The molecule has 1 aliphatic rings. The van der Waals surface area contributed by atoms with E-state index in [9.17, 15) is 0 Å². The number of hydrogen-bond donors (Lipinski definition) is 0. The van der Waals surface area contributed by atoms with Crippen molar-refractivity contribution < 1.29 is 4.74 Å². The Labute approximate surface area is 121 Å². The van der Waals surface area contributed by atoms with E-state index in [2.05, 4.69) is 43.4 Å². The van der Waals surface area contributed by atoms with Crippen LogP contribution in [0, 0.1) is 11.8 Å². The molecule has 0 aromatic heterocycles. The van der Waals surface area contributed by atoms with Crippen LogP contribution in [0.5, 0.6) is 0 Å². The van der Waals surface area contributed by atoms with Gasteiger partial charge in [0.05, 0.1) is 5.60 Å². The van der Waals surface area contributed by atoms with E-state index >= 15 is 0 Å². The van der Waals surface area contributed by atoms with Crippen molar-refractivity contribution in [3.05, 3.63) is 0 Å². The van der Waals surface area contributed by atoms with E-state index in [0.29, 0.717) is 0 Å². The van der Waals surface area contributed by atoms with Crippen molar-refractivity contribution in [1.82, 2.24) is 0 Å². The topological polar surface area (TPSA) is 9.23 Å². The molecule has 102 valence electrons. The van der Waals surface area contributed by atoms with Crippen molar-refractivity contribution in [2.24, 2.45) is 11.8 Å². The molecule has 1 rings (SSSR count). The van der Waals surface area contributed by atoms with E-state index in [1.807, 2.05) is 0 Å². The van der Waals surface area contributed by atoms with Crippen molar-refractivity contribution in [3.8, 4) is 0 Å². The molecule has 0 saturated heterocycles. The zero-order valence-electron chi connectivity index (χ0n) is 11.8. The molecule has 0 aliphatic heterocycles. The van der Waals surface area contributed by atoms with Crippen LogP contribution in [0.2, 0.25) is 0 Å². The minimum absolute atomic E-state index is 0.222. The maximum absolute atomic E-state index is 6.25. The van der Waals surface area contributed by atoms with Crippen molar-refractivity contribution in [1.29, 1.82) is 0 Å². The second-order valence-corrected chi connectivity index (χ2v) is 6.84. The van der Waals surface area contributed by atoms with E-state index in [1.165, 1.54) is 49.4 Å². The lowest BCUT2D eigenvalue weighted by atomic mass is 9.78. The Morgan fingerprint density at radius 2 is 1.94 bits per heavy atom. The van der Waals surface area contributed by atoms with E-state index in [4.69, 9.17) is 4.74 Å². The Morgan fingerprint density at radius 1 is 1.29 bits per heavy atom. The largest absolute Gasteiger partial charge is 0.374 e. The van der Waals surface area contributed by atoms with Crippen molar-refractivity contribution in [2.45, 2.75) is 71.3 Å². The second kappa shape index (κ2) is 7.98. The summed E-state index contributed by atoms with van der Waals surface area (Å²) in [5.74, 6) is 1.74. The van der Waals surface area contributed by atoms with Gasteiger partial charge < -0.3 is 4.74 Å². The fourth-order valence-electron chi connectivity index (χ4n) is 2.73. The van der Waals surface area contributed by atoms with E-state index in [0.717, 1.165) is 18.4 Å². The van der Waals surface area contributed by atoms with Crippen LogP contribution in [-0.4, -0.2) is 16.6 Å². The van der Waals surface area contributed by atoms with Crippen LogP contribution in [0.1, 0.15) is 65.7 Å². The second-order valence-electron chi connectivity index (χ2n) is 6.08. The summed E-state index contributed by atoms with van der Waals surface area (Å²) in [6.45, 7) is 7.81. The fraction of sp³-hybridized carbons (Fsp3) is 1.00. The van der Waals surface area contributed by atoms with Gasteiger partial charge in [0, 0.05) is 11.0 Å². The van der Waals surface area contributed by atoms with Crippen LogP contribution >= 0.6 is 22.6 Å². The van der Waals surface area contributed by atoms with Gasteiger partial charge in [0.2, 0.25) is 0 Å². The third-order valence-electron chi connectivity index (χ3n) is 4.06. The zero-order valence-corrected chi connectivity index (χ0v) is 14.0. The molecule has 17 heavy (non-hydrogen) atoms. The first kappa shape index (κ1) is 15.7. The van der Waals surface area contributed by atoms with E-state index in [-0.39, 0.29) is 5.60 Å². The van der Waals surface area contributed by atoms with Gasteiger partial charge in [-0.1, -0.05) is 56.2 Å². The quantitative estimate of drug-likeness (QED) is 0.451. The normalized spacial score (nSPS) is 29.8. The van der Waals surface area contributed by atoms with Gasteiger partial charge in [0.25, 0.3) is 0 Å². The van der Waals surface area contributed by atoms with Gasteiger partial charge >= 0.3 is 0 Å². The van der Waals surface area contributed by atoms with E-state index < -0.39 is 0 Å². The molecule has 0 N–H and O–H groups in total. The van der Waals surface area contributed by atoms with Gasteiger partial charge in [-0.3, -0.25) is 0 Å². The molecule has 1 fully saturated rings. The highest BCUT2D eigenvalue weighted by atomic mass is 127. The number of hydrogen-bond acceptors (Lipinski definition) is 1. The summed E-state index contributed by atoms with van der Waals surface area (Å²) in [5.41, 5.74) is 0.222. The molecule has 1 aliphatic carbocycles. The number of ether oxygens (including phenoxy) is 1. The van der Waals surface area contributed by atoms with Gasteiger partial charge in [-0.2, -0.15) is 0 Å². The fourth-order valence-corrected chi connectivity index (χ4v) is 3.71. The maximum Gasteiger partial charge on any atom is 0.0771 e. The highest BCUT2D eigenvalue weighted by Crippen LogP contribution is 2.38. The molecule has 2 heteroatoms. The minimum atomic E-state index is 0.222. The summed E-state index contributed by atoms with van der Waals surface area (Å²) in [6, 6.07) is 0. The van der Waals surface area contributed by atoms with Gasteiger partial charge in [0.15, 0.2) is 0 Å². The molecular formula is C15H29IO. The van der Waals surface area contributed by atoms with Crippen LogP contribution in [0.15, 0.2) is 0 Å². The number of rotatable bonds is 7. The van der Waals surface area contributed by atoms with Gasteiger partial charge in [-0.15, -0.1) is 0 Å². The lowest BCUT2D eigenvalue weighted by Crippen LogP contribution is -2.39. The summed E-state index contributed by atoms with van der Waals surface area (Å²) in [7, 11) is 0. The van der Waals surface area contributed by atoms with Crippen molar-refractivity contribution >= 4 is 22.6 Å². The molecule has 0 radical (unpaired) electrons. The number of alkyl halides is 1. The first-order valence-corrected chi connectivity index (χ1v) is 8.84. The first-order chi connectivity index (χ1) is 8.12. The molecule has 0 bridgehead atoms. The highest BCUT2D eigenvalue weighted by molar-refractivity contribution is 14.1. The van der Waals surface area contributed by atoms with Crippen LogP contribution < -0.4 is 0 Å². The number of halogens is 1. The van der Waals surface area contributed by atoms with Crippen LogP contribution in [0.25, 0.3) is 0 Å². The average Bonchev–Trinajstić information content (AvgIpc) is 2.31. The molecule has 0 heterocycles. The third-order valence-corrected chi connectivity index (χ3v) is 5.45. The summed E-state index contributed by atoms with van der Waals surface area (Å²) < 4.78 is 7.42. The summed E-state index contributed by atoms with van der Waals surface area (Å²) in [4.78, 5) is 0. The molecule has 0 amide bonds. The predicted molar refractivity (Wildman–Crippen MR) is 83.9 cm³/mol. The molecule has 1 nitrogen and oxygen atoms in total. The Morgan fingerprint density at radius 3 is 2.41 bits per heavy atom. The van der Waals surface area contributed by atoms with Crippen molar-refractivity contribution in [3.63, 3.8) is 0 Å². The van der Waals surface area contributed by atoms with Gasteiger partial charge in [-0.05, 0) is 43.9 Å². The zero-order chi connectivity index (χ0) is 12.7. The molecule has 1 saturated carbocycles. The summed E-state index contributed by atoms with van der Waals surface area (Å²) in [5, 5.41) is 0. The predicted octanol–water partition coefficient (Wildman–Crippen LogP) is 5.21. The van der Waals surface area contributed by atoms with Crippen LogP contribution in [-0.2, 0) is 4.74 Å². The minimum Gasteiger partial charge on any atom is -0.374 e. The first-order valence-electron chi connectivity index (χ1n) is 7.32. The Hall–Kier alpha value is 0.690. The lowest BCUT2D eigenvalue weighted by molar-refractivity contribution is -0.0625. The van der Waals surface area contributed by atoms with Gasteiger partial charge in [-0.25, -0.2) is 0 Å². The Kier molecular flexibility index (Phi) is 7.39. The third kappa shape index (κ3) is 5.46. The highest BCUT2D eigenvalue weighted by Gasteiger charge is 2.34. The summed E-state index contributed by atoms with van der Waals surface area (Å²) in [6.07, 6.45) is 9.32. The van der Waals surface area contributed by atoms with Crippen LogP contribution in [0.3, 0.4) is 0 Å². The molecule has 0 unspecified atom stereocenters. The Balaban J connectivity index is 2.33. The Bertz CT molecular complexity index is 195. The lowest BCUT2D eigenvalue weighted by Gasteiger charge is -2.39. The molecule has 0 aromatic carbocycles. The average molecular weight is 352 g/mol. The smallest absolute Gasteiger partial charge is 0.0771 e. The monoisotopic (exact) mass is 352 g/mol. The molecule has 0 aromatic rings. The SMILES string of the molecule is CCCC1CCC(CI)(OCCC(C)C)CC1. The van der Waals surface area contributed by atoms with Crippen molar-refractivity contribution in [2.75, 3.05) is 11.0 Å². The van der Waals surface area contributed by atoms with Gasteiger partial charge in [0.1, 0.15) is 0 Å². The van der Waals surface area contributed by atoms with Crippen LogP contribution in [0.4, 0.5) is 0 Å². The standard InChI is InChI=1S/C15H29IO/c1-4-5-14-6-9-15(12-16,10-7-14)17-11-8-13(2)3/h13-14H,4-12H2,1-3H3. The molecule has 0 spiro atoms. The molecule has 0 atom stereocenters. The molecular weight excluding hydrogens is 323 g/mol. The summed E-state index contributed by atoms with van der Waals surface area (Å²) >= 11 is 2.52. The maximum atomic E-state index is 6.25. The van der Waals surface area contributed by atoms with E-state index in [1.54, 1.807) is 0 Å².